The lowest BCUT2D eigenvalue weighted by Gasteiger charge is -2.20. The average Bonchev–Trinajstić information content (AvgIpc) is 2.66. The molecule has 0 N–H and O–H groups in total. The molecule has 144 valence electrons. The van der Waals surface area contributed by atoms with Crippen LogP contribution in [0.5, 0.6) is 11.5 Å². The minimum atomic E-state index is -0.332. The summed E-state index contributed by atoms with van der Waals surface area (Å²) in [6, 6.07) is 5.33. The first kappa shape index (κ1) is 21.5. The maximum atomic E-state index is 12.5. The van der Waals surface area contributed by atoms with Gasteiger partial charge in [0.1, 0.15) is 11.5 Å². The smallest absolute Gasteiger partial charge is 0.307 e. The number of carbonyl (C=O) groups is 2. The molecule has 1 aromatic rings. The van der Waals surface area contributed by atoms with Crippen LogP contribution in [0.3, 0.4) is 0 Å². The zero-order valence-electron chi connectivity index (χ0n) is 15.8. The van der Waals surface area contributed by atoms with Crippen LogP contribution < -0.4 is 9.47 Å². The van der Waals surface area contributed by atoms with Crippen LogP contribution in [0, 0.1) is 0 Å². The molecule has 0 heterocycles. The molecular formula is C19H27NO6. The van der Waals surface area contributed by atoms with E-state index in [4.69, 9.17) is 18.9 Å². The van der Waals surface area contributed by atoms with E-state index in [1.165, 1.54) is 6.08 Å². The van der Waals surface area contributed by atoms with Crippen LogP contribution in [-0.4, -0.2) is 64.4 Å². The Bertz CT molecular complexity index is 614. The van der Waals surface area contributed by atoms with Gasteiger partial charge in [0.15, 0.2) is 0 Å². The Labute approximate surface area is 154 Å². The van der Waals surface area contributed by atoms with E-state index in [9.17, 15) is 9.59 Å². The normalized spacial score (nSPS) is 10.6. The van der Waals surface area contributed by atoms with Crippen LogP contribution in [0.15, 0.2) is 24.3 Å². The zero-order chi connectivity index (χ0) is 19.4. The molecule has 1 amide bonds. The summed E-state index contributed by atoms with van der Waals surface area (Å²) in [6.07, 6.45) is 3.24. The molecule has 0 spiro atoms. The highest BCUT2D eigenvalue weighted by Crippen LogP contribution is 2.25. The fourth-order valence-electron chi connectivity index (χ4n) is 2.23. The van der Waals surface area contributed by atoms with Crippen LogP contribution in [0.2, 0.25) is 0 Å². The van der Waals surface area contributed by atoms with Gasteiger partial charge in [0.05, 0.1) is 33.9 Å². The number of hydrogen-bond donors (Lipinski definition) is 0. The Morgan fingerprint density at radius 1 is 1.12 bits per heavy atom. The molecule has 0 aliphatic heterocycles. The minimum absolute atomic E-state index is 0.139. The van der Waals surface area contributed by atoms with Crippen LogP contribution in [0.25, 0.3) is 6.08 Å². The molecular weight excluding hydrogens is 338 g/mol. The maximum absolute atomic E-state index is 12.5. The molecule has 0 atom stereocenters. The van der Waals surface area contributed by atoms with E-state index in [0.717, 1.165) is 5.56 Å². The summed E-state index contributed by atoms with van der Waals surface area (Å²) in [5.41, 5.74) is 0.720. The summed E-state index contributed by atoms with van der Waals surface area (Å²) in [7, 11) is 4.69. The third kappa shape index (κ3) is 7.14. The summed E-state index contributed by atoms with van der Waals surface area (Å²) in [6.45, 7) is 3.09. The predicted octanol–water partition coefficient (Wildman–Crippen LogP) is 2.15. The molecule has 0 unspecified atom stereocenters. The van der Waals surface area contributed by atoms with Gasteiger partial charge in [-0.2, -0.15) is 0 Å². The Morgan fingerprint density at radius 2 is 1.88 bits per heavy atom. The number of hydrogen-bond acceptors (Lipinski definition) is 6. The molecule has 1 rings (SSSR count). The second-order valence-corrected chi connectivity index (χ2v) is 5.31. The topological polar surface area (TPSA) is 74.3 Å². The molecule has 0 aromatic heterocycles. The first-order valence-corrected chi connectivity index (χ1v) is 8.39. The Hall–Kier alpha value is -2.54. The first-order chi connectivity index (χ1) is 12.5. The van der Waals surface area contributed by atoms with Gasteiger partial charge >= 0.3 is 5.97 Å². The standard InChI is InChI=1S/C19H27NO6/c1-5-26-19(22)10-11-20(12-13-23-2)18(21)9-6-15-14-16(24-3)7-8-17(15)25-4/h6-9,14H,5,10-13H2,1-4H3/b9-6+. The third-order valence-electron chi connectivity index (χ3n) is 3.61. The lowest BCUT2D eigenvalue weighted by atomic mass is 10.1. The molecule has 0 radical (unpaired) electrons. The first-order valence-electron chi connectivity index (χ1n) is 8.39. The van der Waals surface area contributed by atoms with Crippen LogP contribution in [0.1, 0.15) is 18.9 Å². The van der Waals surface area contributed by atoms with Crippen molar-refractivity contribution in [3.05, 3.63) is 29.8 Å². The molecule has 7 nitrogen and oxygen atoms in total. The quantitative estimate of drug-likeness (QED) is 0.442. The van der Waals surface area contributed by atoms with Crippen LogP contribution >= 0.6 is 0 Å². The number of nitrogens with zero attached hydrogens (tertiary/aromatic N) is 1. The van der Waals surface area contributed by atoms with E-state index in [2.05, 4.69) is 0 Å². The van der Waals surface area contributed by atoms with E-state index < -0.39 is 0 Å². The Morgan fingerprint density at radius 3 is 2.50 bits per heavy atom. The van der Waals surface area contributed by atoms with Crippen molar-refractivity contribution in [2.45, 2.75) is 13.3 Å². The molecule has 0 saturated heterocycles. The number of ether oxygens (including phenoxy) is 4. The minimum Gasteiger partial charge on any atom is -0.497 e. The molecule has 0 aliphatic rings. The summed E-state index contributed by atoms with van der Waals surface area (Å²) < 4.78 is 20.4. The summed E-state index contributed by atoms with van der Waals surface area (Å²) >= 11 is 0. The number of esters is 1. The highest BCUT2D eigenvalue weighted by atomic mass is 16.5. The van der Waals surface area contributed by atoms with Gasteiger partial charge in [-0.25, -0.2) is 0 Å². The van der Waals surface area contributed by atoms with Gasteiger partial charge < -0.3 is 23.8 Å². The monoisotopic (exact) mass is 365 g/mol. The van der Waals surface area contributed by atoms with E-state index in [0.29, 0.717) is 31.3 Å². The van der Waals surface area contributed by atoms with Crippen molar-refractivity contribution in [3.8, 4) is 11.5 Å². The van der Waals surface area contributed by atoms with Gasteiger partial charge in [0.2, 0.25) is 5.91 Å². The van der Waals surface area contributed by atoms with Crippen LogP contribution in [0.4, 0.5) is 0 Å². The lowest BCUT2D eigenvalue weighted by Crippen LogP contribution is -2.34. The second-order valence-electron chi connectivity index (χ2n) is 5.31. The average molecular weight is 365 g/mol. The van der Waals surface area contributed by atoms with Gasteiger partial charge in [-0.05, 0) is 31.2 Å². The molecule has 26 heavy (non-hydrogen) atoms. The SMILES string of the molecule is CCOC(=O)CCN(CCOC)C(=O)/C=C/c1cc(OC)ccc1OC. The van der Waals surface area contributed by atoms with E-state index in [1.54, 1.807) is 57.4 Å². The Balaban J connectivity index is 2.84. The molecule has 0 fully saturated rings. The summed E-state index contributed by atoms with van der Waals surface area (Å²) in [4.78, 5) is 25.6. The number of benzene rings is 1. The Kier molecular flexibility index (Phi) is 9.86. The van der Waals surface area contributed by atoms with Crippen molar-refractivity contribution in [2.75, 3.05) is 47.6 Å². The van der Waals surface area contributed by atoms with Gasteiger partial charge in [-0.3, -0.25) is 9.59 Å². The fourth-order valence-corrected chi connectivity index (χ4v) is 2.23. The van der Waals surface area contributed by atoms with E-state index >= 15 is 0 Å². The number of amides is 1. The molecule has 0 bridgehead atoms. The van der Waals surface area contributed by atoms with Gasteiger partial charge in [-0.1, -0.05) is 0 Å². The molecule has 1 aromatic carbocycles. The zero-order valence-corrected chi connectivity index (χ0v) is 15.8. The van der Waals surface area contributed by atoms with Crippen molar-refractivity contribution < 1.29 is 28.5 Å². The lowest BCUT2D eigenvalue weighted by molar-refractivity contribution is -0.143. The van der Waals surface area contributed by atoms with Gasteiger partial charge in [0.25, 0.3) is 0 Å². The molecule has 7 heteroatoms. The highest BCUT2D eigenvalue weighted by molar-refractivity contribution is 5.92. The largest absolute Gasteiger partial charge is 0.497 e. The number of rotatable bonds is 11. The van der Waals surface area contributed by atoms with Gasteiger partial charge in [-0.15, -0.1) is 0 Å². The molecule has 0 saturated carbocycles. The van der Waals surface area contributed by atoms with Crippen molar-refractivity contribution in [1.82, 2.24) is 4.90 Å². The van der Waals surface area contributed by atoms with Gasteiger partial charge in [0, 0.05) is 31.8 Å². The predicted molar refractivity (Wildman–Crippen MR) is 98.3 cm³/mol. The van der Waals surface area contributed by atoms with Crippen LogP contribution in [-0.2, 0) is 19.1 Å². The van der Waals surface area contributed by atoms with E-state index in [-0.39, 0.29) is 24.8 Å². The summed E-state index contributed by atoms with van der Waals surface area (Å²) in [5.74, 6) is 0.735. The fraction of sp³-hybridized carbons (Fsp3) is 0.474. The molecule has 0 aliphatic carbocycles. The van der Waals surface area contributed by atoms with E-state index in [1.807, 2.05) is 0 Å². The number of methoxy groups -OCH3 is 3. The van der Waals surface area contributed by atoms with Crippen molar-refractivity contribution >= 4 is 18.0 Å². The third-order valence-corrected chi connectivity index (χ3v) is 3.61. The van der Waals surface area contributed by atoms with Crippen molar-refractivity contribution in [2.24, 2.45) is 0 Å². The summed E-state index contributed by atoms with van der Waals surface area (Å²) in [5, 5.41) is 0. The number of carbonyl (C=O) groups excluding carboxylic acids is 2. The van der Waals surface area contributed by atoms with Crippen molar-refractivity contribution in [1.29, 1.82) is 0 Å². The van der Waals surface area contributed by atoms with Crippen molar-refractivity contribution in [3.63, 3.8) is 0 Å². The maximum Gasteiger partial charge on any atom is 0.307 e. The second kappa shape index (κ2) is 11.9. The highest BCUT2D eigenvalue weighted by Gasteiger charge is 2.13.